The van der Waals surface area contributed by atoms with Gasteiger partial charge in [0.1, 0.15) is 0 Å². The largest absolute Gasteiger partial charge is 0.381 e. The van der Waals surface area contributed by atoms with Gasteiger partial charge in [0, 0.05) is 67.5 Å². The molecule has 30 heavy (non-hydrogen) atoms. The molecule has 2 aromatic heterocycles. The van der Waals surface area contributed by atoms with Crippen molar-refractivity contribution in [3.63, 3.8) is 0 Å². The molecule has 0 bridgehead atoms. The van der Waals surface area contributed by atoms with Gasteiger partial charge in [0.2, 0.25) is 5.91 Å². The maximum absolute atomic E-state index is 12.4. The smallest absolute Gasteiger partial charge is 0.248 e. The molecule has 2 N–H and O–H groups in total. The lowest BCUT2D eigenvalue weighted by atomic mass is 10.0. The number of nitrogens with zero attached hydrogens (tertiary/aromatic N) is 3. The van der Waals surface area contributed by atoms with Crippen molar-refractivity contribution in [3.05, 3.63) is 72.3 Å². The van der Waals surface area contributed by atoms with Gasteiger partial charge in [-0.2, -0.15) is 5.10 Å². The van der Waals surface area contributed by atoms with Crippen LogP contribution in [0.3, 0.4) is 0 Å². The number of benzene rings is 1. The lowest BCUT2D eigenvalue weighted by molar-refractivity contribution is -0.111. The molecular formula is C23H25N5O2. The molecule has 1 aliphatic heterocycles. The third kappa shape index (κ3) is 5.20. The molecule has 7 nitrogen and oxygen atoms in total. The van der Waals surface area contributed by atoms with Gasteiger partial charge in [0.25, 0.3) is 0 Å². The van der Waals surface area contributed by atoms with E-state index in [9.17, 15) is 4.79 Å². The average Bonchev–Trinajstić information content (AvgIpc) is 3.16. The molecule has 0 aliphatic carbocycles. The second-order valence-corrected chi connectivity index (χ2v) is 7.42. The van der Waals surface area contributed by atoms with Gasteiger partial charge in [-0.1, -0.05) is 12.1 Å². The van der Waals surface area contributed by atoms with Crippen LogP contribution in [0.5, 0.6) is 0 Å². The highest BCUT2D eigenvalue weighted by Gasteiger charge is 2.17. The van der Waals surface area contributed by atoms with Crippen LogP contribution in [0, 0.1) is 5.92 Å². The second kappa shape index (κ2) is 9.47. The van der Waals surface area contributed by atoms with Gasteiger partial charge in [-0.15, -0.1) is 0 Å². The first kappa shape index (κ1) is 20.0. The number of hydrogen-bond acceptors (Lipinski definition) is 5. The fraction of sp³-hybridized carbons (Fsp3) is 0.261. The van der Waals surface area contributed by atoms with Crippen LogP contribution in [-0.2, 0) is 23.1 Å². The normalized spacial score (nSPS) is 14.0. The van der Waals surface area contributed by atoms with Crippen LogP contribution >= 0.6 is 0 Å². The number of anilines is 1. The van der Waals surface area contributed by atoms with Crippen molar-refractivity contribution in [1.82, 2.24) is 20.1 Å². The van der Waals surface area contributed by atoms with E-state index in [1.807, 2.05) is 43.6 Å². The zero-order chi connectivity index (χ0) is 20.8. The fourth-order valence-corrected chi connectivity index (χ4v) is 3.24. The lowest BCUT2D eigenvalue weighted by Gasteiger charge is -2.26. The Kier molecular flexibility index (Phi) is 6.32. The summed E-state index contributed by atoms with van der Waals surface area (Å²) in [6, 6.07) is 9.79. The Balaban J connectivity index is 1.33. The van der Waals surface area contributed by atoms with Gasteiger partial charge in [0.05, 0.1) is 19.4 Å². The van der Waals surface area contributed by atoms with Crippen LogP contribution in [-0.4, -0.2) is 40.4 Å². The molecule has 0 radical (unpaired) electrons. The molecule has 1 aromatic carbocycles. The van der Waals surface area contributed by atoms with Gasteiger partial charge >= 0.3 is 0 Å². The molecular weight excluding hydrogens is 378 g/mol. The predicted octanol–water partition coefficient (Wildman–Crippen LogP) is 2.87. The van der Waals surface area contributed by atoms with Crippen molar-refractivity contribution in [3.8, 4) is 11.1 Å². The summed E-state index contributed by atoms with van der Waals surface area (Å²) in [5.74, 6) is 0.445. The summed E-state index contributed by atoms with van der Waals surface area (Å²) in [5.41, 5.74) is 4.76. The molecule has 7 heteroatoms. The standard InChI is InChI=1S/C23H25N5O2/c1-28-14-20(13-26-28)22-8-9-24-12-19(22)4-7-23(29)27-21-5-2-17(3-6-21)10-25-11-18-15-30-16-18/h2-9,12-14,18,25H,10-11,15-16H2,1H3,(H,27,29). The Morgan fingerprint density at radius 3 is 2.77 bits per heavy atom. The van der Waals surface area contributed by atoms with Crippen molar-refractivity contribution in [2.45, 2.75) is 6.54 Å². The molecule has 3 heterocycles. The second-order valence-electron chi connectivity index (χ2n) is 7.42. The van der Waals surface area contributed by atoms with E-state index in [4.69, 9.17) is 4.74 Å². The van der Waals surface area contributed by atoms with E-state index in [-0.39, 0.29) is 5.91 Å². The summed E-state index contributed by atoms with van der Waals surface area (Å²) < 4.78 is 6.92. The highest BCUT2D eigenvalue weighted by molar-refractivity contribution is 6.02. The van der Waals surface area contributed by atoms with Crippen molar-refractivity contribution in [2.75, 3.05) is 25.1 Å². The van der Waals surface area contributed by atoms with Crippen molar-refractivity contribution < 1.29 is 9.53 Å². The van der Waals surface area contributed by atoms with Crippen LogP contribution < -0.4 is 10.6 Å². The highest BCUT2D eigenvalue weighted by atomic mass is 16.5. The first-order valence-corrected chi connectivity index (χ1v) is 9.97. The quantitative estimate of drug-likeness (QED) is 0.566. The van der Waals surface area contributed by atoms with Gasteiger partial charge < -0.3 is 15.4 Å². The number of carbonyl (C=O) groups is 1. The van der Waals surface area contributed by atoms with E-state index in [2.05, 4.69) is 20.7 Å². The van der Waals surface area contributed by atoms with Gasteiger partial charge in [-0.3, -0.25) is 14.5 Å². The number of hydrogen-bond donors (Lipinski definition) is 2. The number of amides is 1. The maximum atomic E-state index is 12.4. The Morgan fingerprint density at radius 1 is 1.23 bits per heavy atom. The zero-order valence-electron chi connectivity index (χ0n) is 16.9. The molecule has 0 saturated carbocycles. The van der Waals surface area contributed by atoms with Gasteiger partial charge in [-0.05, 0) is 35.4 Å². The number of aryl methyl sites for hydroxylation is 1. The molecule has 4 rings (SSSR count). The van der Waals surface area contributed by atoms with Crippen LogP contribution in [0.25, 0.3) is 17.2 Å². The van der Waals surface area contributed by atoms with E-state index in [1.165, 1.54) is 11.6 Å². The summed E-state index contributed by atoms with van der Waals surface area (Å²) in [4.78, 5) is 16.5. The molecule has 0 atom stereocenters. The number of rotatable bonds is 8. The monoisotopic (exact) mass is 403 g/mol. The Hall–Kier alpha value is -3.29. The minimum absolute atomic E-state index is 0.188. The van der Waals surface area contributed by atoms with E-state index in [0.717, 1.165) is 48.7 Å². The number of ether oxygens (including phenoxy) is 1. The summed E-state index contributed by atoms with van der Waals surface area (Å²) in [6.07, 6.45) is 10.5. The van der Waals surface area contributed by atoms with Gasteiger partial charge in [0.15, 0.2) is 0 Å². The molecule has 0 unspecified atom stereocenters. The molecule has 1 saturated heterocycles. The number of pyridine rings is 1. The van der Waals surface area contributed by atoms with Crippen LogP contribution in [0.15, 0.2) is 61.2 Å². The SMILES string of the molecule is Cn1cc(-c2ccncc2C=CC(=O)Nc2ccc(CNCC3COC3)cc2)cn1. The predicted molar refractivity (Wildman–Crippen MR) is 117 cm³/mol. The summed E-state index contributed by atoms with van der Waals surface area (Å²) in [7, 11) is 1.87. The van der Waals surface area contributed by atoms with E-state index in [1.54, 1.807) is 29.3 Å². The molecule has 1 fully saturated rings. The van der Waals surface area contributed by atoms with Crippen LogP contribution in [0.4, 0.5) is 5.69 Å². The molecule has 0 spiro atoms. The number of carbonyl (C=O) groups excluding carboxylic acids is 1. The summed E-state index contributed by atoms with van der Waals surface area (Å²) >= 11 is 0. The maximum Gasteiger partial charge on any atom is 0.248 e. The highest BCUT2D eigenvalue weighted by Crippen LogP contribution is 2.23. The third-order valence-electron chi connectivity index (χ3n) is 4.97. The Morgan fingerprint density at radius 2 is 2.07 bits per heavy atom. The van der Waals surface area contributed by atoms with E-state index in [0.29, 0.717) is 5.92 Å². The molecule has 154 valence electrons. The summed E-state index contributed by atoms with van der Waals surface area (Å²) in [6.45, 7) is 3.49. The number of aromatic nitrogens is 3. The summed E-state index contributed by atoms with van der Waals surface area (Å²) in [5, 5.41) is 10.5. The van der Waals surface area contributed by atoms with Gasteiger partial charge in [-0.25, -0.2) is 0 Å². The lowest BCUT2D eigenvalue weighted by Crippen LogP contribution is -2.36. The van der Waals surface area contributed by atoms with E-state index >= 15 is 0 Å². The Bertz CT molecular complexity index is 1020. The minimum atomic E-state index is -0.188. The first-order chi connectivity index (χ1) is 14.7. The Labute approximate surface area is 175 Å². The molecule has 1 aliphatic rings. The fourth-order valence-electron chi connectivity index (χ4n) is 3.24. The van der Waals surface area contributed by atoms with Crippen LogP contribution in [0.2, 0.25) is 0 Å². The van der Waals surface area contributed by atoms with Crippen molar-refractivity contribution >= 4 is 17.7 Å². The minimum Gasteiger partial charge on any atom is -0.381 e. The first-order valence-electron chi connectivity index (χ1n) is 9.97. The topological polar surface area (TPSA) is 81.1 Å². The van der Waals surface area contributed by atoms with Crippen LogP contribution in [0.1, 0.15) is 11.1 Å². The third-order valence-corrected chi connectivity index (χ3v) is 4.97. The van der Waals surface area contributed by atoms with E-state index < -0.39 is 0 Å². The average molecular weight is 403 g/mol. The van der Waals surface area contributed by atoms with Crippen molar-refractivity contribution in [1.29, 1.82) is 0 Å². The molecule has 1 amide bonds. The molecule has 3 aromatic rings. The van der Waals surface area contributed by atoms with Crippen molar-refractivity contribution in [2.24, 2.45) is 13.0 Å². The number of nitrogens with one attached hydrogen (secondary N) is 2. The zero-order valence-corrected chi connectivity index (χ0v) is 16.9.